The summed E-state index contributed by atoms with van der Waals surface area (Å²) in [6.45, 7) is 32.5. The van der Waals surface area contributed by atoms with Gasteiger partial charge < -0.3 is 0 Å². The first kappa shape index (κ1) is 23.0. The molecule has 0 aromatic carbocycles. The summed E-state index contributed by atoms with van der Waals surface area (Å²) >= 11 is 0. The van der Waals surface area contributed by atoms with Gasteiger partial charge in [0.1, 0.15) is 0 Å². The van der Waals surface area contributed by atoms with Crippen molar-refractivity contribution in [1.29, 1.82) is 0 Å². The second-order valence-corrected chi connectivity index (χ2v) is 13.0. The van der Waals surface area contributed by atoms with E-state index in [2.05, 4.69) is 90.0 Å². The summed E-state index contributed by atoms with van der Waals surface area (Å²) in [7, 11) is 0. The Kier molecular flexibility index (Phi) is 6.96. The highest BCUT2D eigenvalue weighted by atomic mass is 14.6. The lowest BCUT2D eigenvalue weighted by molar-refractivity contribution is -0.130. The topological polar surface area (TPSA) is 0 Å². The van der Waals surface area contributed by atoms with E-state index >= 15 is 0 Å². The second-order valence-electron chi connectivity index (χ2n) is 13.0. The van der Waals surface area contributed by atoms with Crippen LogP contribution in [0, 0.1) is 57.7 Å². The van der Waals surface area contributed by atoms with Gasteiger partial charge in [0.25, 0.3) is 0 Å². The van der Waals surface area contributed by atoms with Gasteiger partial charge >= 0.3 is 0 Å². The van der Waals surface area contributed by atoms with Crippen LogP contribution in [-0.2, 0) is 0 Å². The number of rotatable bonds is 3. The van der Waals surface area contributed by atoms with Gasteiger partial charge in [-0.05, 0) is 64.1 Å². The van der Waals surface area contributed by atoms with E-state index < -0.39 is 0 Å². The molecule has 1 saturated carbocycles. The van der Waals surface area contributed by atoms with Gasteiger partial charge in [0.2, 0.25) is 0 Å². The first-order valence-electron chi connectivity index (χ1n) is 11.0. The fourth-order valence-electron chi connectivity index (χ4n) is 6.94. The first-order chi connectivity index (χ1) is 11.0. The maximum Gasteiger partial charge on any atom is -0.0298 e. The Bertz CT molecular complexity index is 409. The molecule has 1 fully saturated rings. The summed E-state index contributed by atoms with van der Waals surface area (Å²) < 4.78 is 0. The van der Waals surface area contributed by atoms with E-state index in [1.165, 1.54) is 12.8 Å². The highest BCUT2D eigenvalue weighted by Gasteiger charge is 2.55. The van der Waals surface area contributed by atoms with E-state index in [1.807, 2.05) is 0 Å². The second kappa shape index (κ2) is 7.55. The molecule has 6 atom stereocenters. The molecule has 0 N–H and O–H groups in total. The molecule has 0 radical (unpaired) electrons. The van der Waals surface area contributed by atoms with Crippen LogP contribution in [0.25, 0.3) is 0 Å². The third-order valence-electron chi connectivity index (χ3n) is 7.30. The average molecular weight is 351 g/mol. The van der Waals surface area contributed by atoms with Crippen molar-refractivity contribution in [3.05, 3.63) is 0 Å². The van der Waals surface area contributed by atoms with Crippen LogP contribution in [0.1, 0.15) is 103 Å². The molecule has 0 heterocycles. The van der Waals surface area contributed by atoms with Crippen LogP contribution in [-0.4, -0.2) is 0 Å². The monoisotopic (exact) mass is 350 g/mol. The summed E-state index contributed by atoms with van der Waals surface area (Å²) in [6, 6.07) is 0. The maximum absolute atomic E-state index is 2.59. The van der Waals surface area contributed by atoms with Crippen LogP contribution in [0.15, 0.2) is 0 Å². The summed E-state index contributed by atoms with van der Waals surface area (Å²) in [5, 5.41) is 0. The molecule has 1 aliphatic rings. The van der Waals surface area contributed by atoms with Crippen molar-refractivity contribution in [2.24, 2.45) is 57.7 Å². The molecule has 0 spiro atoms. The fraction of sp³-hybridized carbons (Fsp3) is 1.00. The zero-order valence-electron chi connectivity index (χ0n) is 20.0. The van der Waals surface area contributed by atoms with Gasteiger partial charge in [-0.3, -0.25) is 0 Å². The van der Waals surface area contributed by atoms with Crippen LogP contribution >= 0.6 is 0 Å². The Morgan fingerprint density at radius 1 is 0.600 bits per heavy atom. The summed E-state index contributed by atoms with van der Waals surface area (Å²) in [4.78, 5) is 0. The molecule has 1 rings (SSSR count). The van der Waals surface area contributed by atoms with Crippen molar-refractivity contribution in [3.63, 3.8) is 0 Å². The van der Waals surface area contributed by atoms with Crippen molar-refractivity contribution >= 4 is 0 Å². The van der Waals surface area contributed by atoms with Crippen molar-refractivity contribution < 1.29 is 0 Å². The molecule has 0 nitrogen and oxygen atoms in total. The van der Waals surface area contributed by atoms with Crippen LogP contribution < -0.4 is 0 Å². The van der Waals surface area contributed by atoms with Crippen molar-refractivity contribution in [2.75, 3.05) is 0 Å². The average Bonchev–Trinajstić information content (AvgIpc) is 2.31. The molecule has 0 aliphatic heterocycles. The lowest BCUT2D eigenvalue weighted by Crippen LogP contribution is -2.55. The third kappa shape index (κ3) is 5.26. The zero-order valence-corrected chi connectivity index (χ0v) is 20.0. The maximum atomic E-state index is 2.59. The Balaban J connectivity index is 3.46. The smallest absolute Gasteiger partial charge is 0.0298 e. The highest BCUT2D eigenvalue weighted by molar-refractivity contribution is 5.03. The van der Waals surface area contributed by atoms with Crippen LogP contribution in [0.4, 0.5) is 0 Å². The van der Waals surface area contributed by atoms with Crippen molar-refractivity contribution in [2.45, 2.75) is 103 Å². The van der Waals surface area contributed by atoms with Gasteiger partial charge in [0.05, 0.1) is 0 Å². The van der Waals surface area contributed by atoms with E-state index in [9.17, 15) is 0 Å². The van der Waals surface area contributed by atoms with E-state index in [-0.39, 0.29) is 0 Å². The zero-order chi connectivity index (χ0) is 20.0. The summed E-state index contributed by atoms with van der Waals surface area (Å²) in [6.07, 6.45) is 2.79. The van der Waals surface area contributed by atoms with Crippen molar-refractivity contribution in [1.82, 2.24) is 0 Å². The van der Waals surface area contributed by atoms with Gasteiger partial charge in [-0.1, -0.05) is 96.4 Å². The molecule has 150 valence electrons. The van der Waals surface area contributed by atoms with Gasteiger partial charge in [-0.15, -0.1) is 0 Å². The molecule has 5 unspecified atom stereocenters. The molecule has 0 bridgehead atoms. The molecule has 1 aliphatic carbocycles. The van der Waals surface area contributed by atoms with Gasteiger partial charge in [-0.2, -0.15) is 0 Å². The SMILES string of the molecule is CC(C)CC[C@@H]1C(C)C(C(C)(C)C)C(C)C(C(C)(C)C)C1C(C)(C)C. The van der Waals surface area contributed by atoms with Gasteiger partial charge in [-0.25, -0.2) is 0 Å². The number of hydrogen-bond acceptors (Lipinski definition) is 0. The predicted octanol–water partition coefficient (Wildman–Crippen LogP) is 8.31. The lowest BCUT2D eigenvalue weighted by atomic mass is 9.44. The Labute approximate surface area is 160 Å². The lowest BCUT2D eigenvalue weighted by Gasteiger charge is -2.61. The third-order valence-corrected chi connectivity index (χ3v) is 7.30. The Morgan fingerprint density at radius 2 is 1.00 bits per heavy atom. The predicted molar refractivity (Wildman–Crippen MR) is 115 cm³/mol. The highest BCUT2D eigenvalue weighted by Crippen LogP contribution is 2.61. The van der Waals surface area contributed by atoms with Crippen LogP contribution in [0.5, 0.6) is 0 Å². The molecule has 0 saturated heterocycles. The normalized spacial score (nSPS) is 35.3. The summed E-state index contributed by atoms with van der Waals surface area (Å²) in [5.41, 5.74) is 1.14. The Morgan fingerprint density at radius 3 is 1.32 bits per heavy atom. The molecule has 25 heavy (non-hydrogen) atoms. The fourth-order valence-corrected chi connectivity index (χ4v) is 6.94. The minimum absolute atomic E-state index is 0.372. The largest absolute Gasteiger partial charge is 0.0628 e. The van der Waals surface area contributed by atoms with E-state index in [0.29, 0.717) is 16.2 Å². The quantitative estimate of drug-likeness (QED) is 0.480. The molecule has 0 amide bonds. The minimum atomic E-state index is 0.372. The molecular formula is C25H50. The first-order valence-corrected chi connectivity index (χ1v) is 11.0. The van der Waals surface area contributed by atoms with Crippen LogP contribution in [0.2, 0.25) is 0 Å². The minimum Gasteiger partial charge on any atom is -0.0628 e. The molecule has 0 heteroatoms. The van der Waals surface area contributed by atoms with E-state index in [1.54, 1.807) is 0 Å². The Hall–Kier alpha value is 0. The van der Waals surface area contributed by atoms with Crippen molar-refractivity contribution in [3.8, 4) is 0 Å². The molecule has 0 aromatic heterocycles. The van der Waals surface area contributed by atoms with Gasteiger partial charge in [0, 0.05) is 0 Å². The number of hydrogen-bond donors (Lipinski definition) is 0. The van der Waals surface area contributed by atoms with Gasteiger partial charge in [0.15, 0.2) is 0 Å². The standard InChI is InChI=1S/C25H50/c1-16(2)14-15-19-17(3)20(23(5,6)7)18(4)21(24(8,9)10)22(19)25(11,12)13/h16-22H,14-15H2,1-13H3/t17?,18?,19-,20?,21?,22?/m1/s1. The van der Waals surface area contributed by atoms with E-state index in [0.717, 1.165) is 41.4 Å². The van der Waals surface area contributed by atoms with E-state index in [4.69, 9.17) is 0 Å². The molecule has 0 aromatic rings. The van der Waals surface area contributed by atoms with Crippen LogP contribution in [0.3, 0.4) is 0 Å². The summed E-state index contributed by atoms with van der Waals surface area (Å²) in [5.74, 6) is 5.69. The molecular weight excluding hydrogens is 300 g/mol.